The number of hydrogen-bond acceptors (Lipinski definition) is 2. The highest BCUT2D eigenvalue weighted by molar-refractivity contribution is 6.42. The minimum absolute atomic E-state index is 0.0488. The average Bonchev–Trinajstić information content (AvgIpc) is 2.66. The Bertz CT molecular complexity index is 889. The summed E-state index contributed by atoms with van der Waals surface area (Å²) >= 11 is 24.3. The number of halogens is 4. The van der Waals surface area contributed by atoms with Crippen LogP contribution in [0.25, 0.3) is 0 Å². The van der Waals surface area contributed by atoms with Crippen LogP contribution in [0.1, 0.15) is 31.4 Å². The van der Waals surface area contributed by atoms with Gasteiger partial charge in [0, 0.05) is 23.1 Å². The summed E-state index contributed by atoms with van der Waals surface area (Å²) in [5.41, 5.74) is 1.42. The van der Waals surface area contributed by atoms with Crippen molar-refractivity contribution < 1.29 is 9.59 Å². The fourth-order valence-corrected chi connectivity index (χ4v) is 3.77. The van der Waals surface area contributed by atoms with Gasteiger partial charge in [0.2, 0.25) is 11.8 Å². The lowest BCUT2D eigenvalue weighted by molar-refractivity contribution is -0.140. The molecule has 0 radical (unpaired) electrons. The summed E-state index contributed by atoms with van der Waals surface area (Å²) in [5.74, 6) is -0.427. The SMILES string of the molecule is CCNC(=O)[C@@H](CC)N(Cc1ccc(Cl)c(Cl)c1)C(=O)Cc1ccc(Cl)cc1Cl. The lowest BCUT2D eigenvalue weighted by atomic mass is 10.1. The average molecular weight is 476 g/mol. The van der Waals surface area contributed by atoms with Gasteiger partial charge in [0.25, 0.3) is 0 Å². The van der Waals surface area contributed by atoms with E-state index in [1.165, 1.54) is 0 Å². The van der Waals surface area contributed by atoms with E-state index in [1.54, 1.807) is 41.3 Å². The molecule has 4 nitrogen and oxygen atoms in total. The predicted octanol–water partition coefficient (Wildman–Crippen LogP) is 5.79. The number of hydrogen-bond donors (Lipinski definition) is 1. The normalized spacial score (nSPS) is 11.8. The van der Waals surface area contributed by atoms with Crippen molar-refractivity contribution >= 4 is 58.2 Å². The minimum atomic E-state index is -0.622. The van der Waals surface area contributed by atoms with Crippen molar-refractivity contribution in [2.75, 3.05) is 6.54 Å². The maximum atomic E-state index is 13.2. The zero-order chi connectivity index (χ0) is 21.6. The molecule has 0 bridgehead atoms. The van der Waals surface area contributed by atoms with Gasteiger partial charge in [0.05, 0.1) is 16.5 Å². The molecule has 156 valence electrons. The van der Waals surface area contributed by atoms with Crippen molar-refractivity contribution in [1.82, 2.24) is 10.2 Å². The Kier molecular flexibility index (Phi) is 9.09. The van der Waals surface area contributed by atoms with E-state index >= 15 is 0 Å². The zero-order valence-corrected chi connectivity index (χ0v) is 19.2. The molecular formula is C21H22Cl4N2O2. The first-order valence-corrected chi connectivity index (χ1v) is 10.7. The van der Waals surface area contributed by atoms with Crippen LogP contribution in [0.5, 0.6) is 0 Å². The second-order valence-electron chi connectivity index (χ2n) is 6.50. The Hall–Kier alpha value is -1.46. The van der Waals surface area contributed by atoms with Crippen LogP contribution >= 0.6 is 46.4 Å². The van der Waals surface area contributed by atoms with Crippen LogP contribution in [0, 0.1) is 0 Å². The van der Waals surface area contributed by atoms with Crippen LogP contribution in [0.15, 0.2) is 36.4 Å². The van der Waals surface area contributed by atoms with E-state index in [1.807, 2.05) is 13.8 Å². The summed E-state index contributed by atoms with van der Waals surface area (Å²) in [6.07, 6.45) is 0.514. The molecule has 0 unspecified atom stereocenters. The molecule has 2 aromatic rings. The van der Waals surface area contributed by atoms with Gasteiger partial charge >= 0.3 is 0 Å². The summed E-state index contributed by atoms with van der Waals surface area (Å²) < 4.78 is 0. The van der Waals surface area contributed by atoms with Gasteiger partial charge in [0.1, 0.15) is 6.04 Å². The van der Waals surface area contributed by atoms with E-state index in [0.29, 0.717) is 38.6 Å². The Labute approximate surface area is 191 Å². The van der Waals surface area contributed by atoms with E-state index in [-0.39, 0.29) is 24.8 Å². The van der Waals surface area contributed by atoms with Crippen molar-refractivity contribution in [3.8, 4) is 0 Å². The molecule has 29 heavy (non-hydrogen) atoms. The maximum Gasteiger partial charge on any atom is 0.242 e. The molecule has 0 saturated carbocycles. The highest BCUT2D eigenvalue weighted by atomic mass is 35.5. The number of benzene rings is 2. The summed E-state index contributed by atoms with van der Waals surface area (Å²) in [6.45, 7) is 4.40. The fraction of sp³-hybridized carbons (Fsp3) is 0.333. The third-order valence-corrected chi connectivity index (χ3v) is 5.76. The standard InChI is InChI=1S/C21H22Cl4N2O2/c1-3-19(21(29)26-4-2)27(12-13-5-8-16(23)18(25)9-13)20(28)10-14-6-7-15(22)11-17(14)24/h5-9,11,19H,3-4,10,12H2,1-2H3,(H,26,29)/t19-/m1/s1. The van der Waals surface area contributed by atoms with Gasteiger partial charge in [-0.25, -0.2) is 0 Å². The number of carbonyl (C=O) groups is 2. The van der Waals surface area contributed by atoms with E-state index < -0.39 is 6.04 Å². The Balaban J connectivity index is 2.34. The summed E-state index contributed by atoms with van der Waals surface area (Å²) in [7, 11) is 0. The summed E-state index contributed by atoms with van der Waals surface area (Å²) in [5, 5.41) is 4.52. The molecule has 2 rings (SSSR count). The molecule has 2 aromatic carbocycles. The first kappa shape index (κ1) is 23.8. The number of nitrogens with zero attached hydrogens (tertiary/aromatic N) is 1. The van der Waals surface area contributed by atoms with Crippen molar-refractivity contribution in [2.45, 2.75) is 39.3 Å². The second-order valence-corrected chi connectivity index (χ2v) is 8.16. The highest BCUT2D eigenvalue weighted by Crippen LogP contribution is 2.25. The van der Waals surface area contributed by atoms with Crippen LogP contribution in [0.4, 0.5) is 0 Å². The monoisotopic (exact) mass is 474 g/mol. The van der Waals surface area contributed by atoms with Gasteiger partial charge in [-0.05, 0) is 48.7 Å². The minimum Gasteiger partial charge on any atom is -0.355 e. The van der Waals surface area contributed by atoms with Gasteiger partial charge in [-0.15, -0.1) is 0 Å². The molecule has 1 atom stereocenters. The Morgan fingerprint density at radius 3 is 2.28 bits per heavy atom. The van der Waals surface area contributed by atoms with Crippen LogP contribution in [-0.4, -0.2) is 29.3 Å². The number of likely N-dealkylation sites (N-methyl/N-ethyl adjacent to an activating group) is 1. The van der Waals surface area contributed by atoms with Crippen LogP contribution in [0.2, 0.25) is 20.1 Å². The van der Waals surface area contributed by atoms with Crippen molar-refractivity contribution in [1.29, 1.82) is 0 Å². The molecule has 0 aromatic heterocycles. The number of rotatable bonds is 8. The topological polar surface area (TPSA) is 49.4 Å². The zero-order valence-electron chi connectivity index (χ0n) is 16.1. The Morgan fingerprint density at radius 1 is 0.966 bits per heavy atom. The Morgan fingerprint density at radius 2 is 1.69 bits per heavy atom. The lowest BCUT2D eigenvalue weighted by Gasteiger charge is -2.31. The molecule has 0 heterocycles. The van der Waals surface area contributed by atoms with Gasteiger partial charge in [0.15, 0.2) is 0 Å². The first-order chi connectivity index (χ1) is 13.8. The van der Waals surface area contributed by atoms with E-state index in [0.717, 1.165) is 5.56 Å². The van der Waals surface area contributed by atoms with Crippen molar-refractivity contribution in [3.63, 3.8) is 0 Å². The molecule has 0 saturated heterocycles. The molecule has 0 fully saturated rings. The molecule has 2 amide bonds. The third-order valence-electron chi connectivity index (χ3n) is 4.43. The molecule has 0 spiro atoms. The van der Waals surface area contributed by atoms with Crippen LogP contribution < -0.4 is 5.32 Å². The van der Waals surface area contributed by atoms with Gasteiger partial charge < -0.3 is 10.2 Å². The van der Waals surface area contributed by atoms with E-state index in [4.69, 9.17) is 46.4 Å². The lowest BCUT2D eigenvalue weighted by Crippen LogP contribution is -2.49. The summed E-state index contributed by atoms with van der Waals surface area (Å²) in [6, 6.07) is 9.52. The van der Waals surface area contributed by atoms with Gasteiger partial charge in [-0.1, -0.05) is 65.5 Å². The number of nitrogens with one attached hydrogen (secondary N) is 1. The van der Waals surface area contributed by atoms with Crippen molar-refractivity contribution in [2.24, 2.45) is 0 Å². The molecular weight excluding hydrogens is 454 g/mol. The second kappa shape index (κ2) is 11.1. The molecule has 0 aliphatic heterocycles. The highest BCUT2D eigenvalue weighted by Gasteiger charge is 2.28. The largest absolute Gasteiger partial charge is 0.355 e. The van der Waals surface area contributed by atoms with Gasteiger partial charge in [-0.2, -0.15) is 0 Å². The van der Waals surface area contributed by atoms with Crippen molar-refractivity contribution in [3.05, 3.63) is 67.6 Å². The van der Waals surface area contributed by atoms with E-state index in [2.05, 4.69) is 5.32 Å². The smallest absolute Gasteiger partial charge is 0.242 e. The summed E-state index contributed by atoms with van der Waals surface area (Å²) in [4.78, 5) is 27.4. The quantitative estimate of drug-likeness (QED) is 0.525. The van der Waals surface area contributed by atoms with E-state index in [9.17, 15) is 9.59 Å². The maximum absolute atomic E-state index is 13.2. The van der Waals surface area contributed by atoms with Gasteiger partial charge in [-0.3, -0.25) is 9.59 Å². The molecule has 0 aliphatic carbocycles. The molecule has 8 heteroatoms. The fourth-order valence-electron chi connectivity index (χ4n) is 2.98. The molecule has 1 N–H and O–H groups in total. The number of carbonyl (C=O) groups excluding carboxylic acids is 2. The van der Waals surface area contributed by atoms with Crippen LogP contribution in [-0.2, 0) is 22.6 Å². The molecule has 0 aliphatic rings. The number of amides is 2. The first-order valence-electron chi connectivity index (χ1n) is 9.21. The third kappa shape index (κ3) is 6.51. The predicted molar refractivity (Wildman–Crippen MR) is 120 cm³/mol. The van der Waals surface area contributed by atoms with Crippen LogP contribution in [0.3, 0.4) is 0 Å².